The fraction of sp³-hybridized carbons (Fsp3) is 0.600. The van der Waals surface area contributed by atoms with Gasteiger partial charge in [-0.1, -0.05) is 13.8 Å². The molecular formula is C20H35N9O5. The summed E-state index contributed by atoms with van der Waals surface area (Å²) in [5, 5.41) is 17.1. The lowest BCUT2D eigenvalue weighted by Crippen LogP contribution is -2.58. The largest absolute Gasteiger partial charge is 0.480 e. The summed E-state index contributed by atoms with van der Waals surface area (Å²) in [6.45, 7) is 5.11. The molecule has 34 heavy (non-hydrogen) atoms. The average molecular weight is 482 g/mol. The van der Waals surface area contributed by atoms with Gasteiger partial charge in [-0.25, -0.2) is 9.78 Å². The molecule has 0 bridgehead atoms. The Bertz CT molecular complexity index is 851. The molecule has 1 heterocycles. The number of imidazole rings is 1. The van der Waals surface area contributed by atoms with Gasteiger partial charge in [-0.15, -0.1) is 0 Å². The van der Waals surface area contributed by atoms with Crippen LogP contribution in [0.1, 0.15) is 39.3 Å². The smallest absolute Gasteiger partial charge is 0.326 e. The fourth-order valence-electron chi connectivity index (χ4n) is 2.94. The zero-order valence-corrected chi connectivity index (χ0v) is 19.6. The number of nitrogens with zero attached hydrogens (tertiary/aromatic N) is 2. The van der Waals surface area contributed by atoms with Gasteiger partial charge >= 0.3 is 5.97 Å². The highest BCUT2D eigenvalue weighted by Crippen LogP contribution is 2.07. The van der Waals surface area contributed by atoms with Gasteiger partial charge in [0.15, 0.2) is 5.96 Å². The van der Waals surface area contributed by atoms with Crippen LogP contribution in [0.2, 0.25) is 0 Å². The lowest BCUT2D eigenvalue weighted by atomic mass is 10.0. The molecule has 4 atom stereocenters. The number of nitrogens with one attached hydrogen (secondary N) is 4. The van der Waals surface area contributed by atoms with Gasteiger partial charge in [0, 0.05) is 24.9 Å². The number of carbonyl (C=O) groups excluding carboxylic acids is 3. The predicted octanol–water partition coefficient (Wildman–Crippen LogP) is -2.45. The molecule has 0 saturated carbocycles. The first kappa shape index (κ1) is 28.4. The van der Waals surface area contributed by atoms with Crippen LogP contribution in [0, 0.1) is 5.92 Å². The Hall–Kier alpha value is -3.68. The van der Waals surface area contributed by atoms with Crippen LogP contribution >= 0.6 is 0 Å². The average Bonchev–Trinajstić information content (AvgIpc) is 3.25. The quantitative estimate of drug-likeness (QED) is 0.0797. The van der Waals surface area contributed by atoms with Crippen molar-refractivity contribution in [2.75, 3.05) is 6.54 Å². The first-order valence-corrected chi connectivity index (χ1v) is 10.8. The van der Waals surface area contributed by atoms with E-state index in [4.69, 9.17) is 17.2 Å². The van der Waals surface area contributed by atoms with Gasteiger partial charge in [0.2, 0.25) is 17.7 Å². The molecule has 1 rings (SSSR count). The zero-order chi connectivity index (χ0) is 25.8. The number of guanidine groups is 1. The van der Waals surface area contributed by atoms with E-state index in [0.29, 0.717) is 12.1 Å². The van der Waals surface area contributed by atoms with Crippen molar-refractivity contribution in [1.29, 1.82) is 0 Å². The molecule has 0 aromatic carbocycles. The minimum absolute atomic E-state index is 0.0162. The van der Waals surface area contributed by atoms with E-state index in [1.165, 1.54) is 19.4 Å². The van der Waals surface area contributed by atoms with Crippen molar-refractivity contribution in [2.45, 2.75) is 64.2 Å². The summed E-state index contributed by atoms with van der Waals surface area (Å²) in [5.41, 5.74) is 16.7. The van der Waals surface area contributed by atoms with Gasteiger partial charge in [-0.2, -0.15) is 0 Å². The molecule has 0 fully saturated rings. The molecule has 14 heteroatoms. The summed E-state index contributed by atoms with van der Waals surface area (Å²) < 4.78 is 0. The first-order valence-electron chi connectivity index (χ1n) is 10.8. The van der Waals surface area contributed by atoms with Gasteiger partial charge in [-0.05, 0) is 25.7 Å². The Kier molecular flexibility index (Phi) is 11.5. The predicted molar refractivity (Wildman–Crippen MR) is 124 cm³/mol. The van der Waals surface area contributed by atoms with Crippen molar-refractivity contribution >= 4 is 29.7 Å². The van der Waals surface area contributed by atoms with E-state index < -0.39 is 47.9 Å². The molecule has 0 aliphatic rings. The molecule has 1 aromatic heterocycles. The third-order valence-electron chi connectivity index (χ3n) is 4.83. The lowest BCUT2D eigenvalue weighted by Gasteiger charge is -2.27. The summed E-state index contributed by atoms with van der Waals surface area (Å²) in [7, 11) is 0. The van der Waals surface area contributed by atoms with E-state index in [1.807, 2.05) is 0 Å². The number of amides is 3. The number of carboxylic acids is 1. The van der Waals surface area contributed by atoms with Crippen LogP contribution in [0.25, 0.3) is 0 Å². The fourth-order valence-corrected chi connectivity index (χ4v) is 2.94. The van der Waals surface area contributed by atoms with Crippen molar-refractivity contribution in [3.63, 3.8) is 0 Å². The van der Waals surface area contributed by atoms with Crippen LogP contribution in [0.15, 0.2) is 17.5 Å². The number of aliphatic carboxylic acids is 1. The van der Waals surface area contributed by atoms with Crippen molar-refractivity contribution in [2.24, 2.45) is 28.1 Å². The Labute approximate surface area is 197 Å². The number of hydrogen-bond acceptors (Lipinski definition) is 7. The van der Waals surface area contributed by atoms with E-state index in [1.54, 1.807) is 13.8 Å². The third kappa shape index (κ3) is 9.85. The second-order valence-electron chi connectivity index (χ2n) is 8.21. The van der Waals surface area contributed by atoms with Gasteiger partial charge < -0.3 is 43.2 Å². The molecule has 0 aliphatic heterocycles. The number of aromatic nitrogens is 2. The van der Waals surface area contributed by atoms with Crippen molar-refractivity contribution in [1.82, 2.24) is 25.9 Å². The van der Waals surface area contributed by atoms with E-state index in [9.17, 15) is 24.3 Å². The van der Waals surface area contributed by atoms with Crippen molar-refractivity contribution < 1.29 is 24.3 Å². The summed E-state index contributed by atoms with van der Waals surface area (Å²) in [5.74, 6) is -3.55. The second kappa shape index (κ2) is 13.8. The molecular weight excluding hydrogens is 446 g/mol. The van der Waals surface area contributed by atoms with Crippen LogP contribution in [0.4, 0.5) is 0 Å². The zero-order valence-electron chi connectivity index (χ0n) is 19.6. The van der Waals surface area contributed by atoms with Gasteiger partial charge in [0.1, 0.15) is 18.1 Å². The Morgan fingerprint density at radius 1 is 1.06 bits per heavy atom. The molecule has 0 radical (unpaired) electrons. The summed E-state index contributed by atoms with van der Waals surface area (Å²) in [6, 6.07) is -4.14. The summed E-state index contributed by atoms with van der Waals surface area (Å²) in [4.78, 5) is 60.0. The molecule has 0 saturated heterocycles. The van der Waals surface area contributed by atoms with Crippen LogP contribution < -0.4 is 33.2 Å². The standard InChI is InChI=1S/C20H35N9O5/c1-10(2)15(18(32)28-14(19(33)34)7-12-8-24-9-26-12)29-17(31)13(27-16(30)11(3)21)5-4-6-25-20(22)23/h8-11,13-15H,4-7,21H2,1-3H3,(H,24,26)(H,27,30)(H,28,32)(H,29,31)(H,33,34)(H4,22,23,25). The lowest BCUT2D eigenvalue weighted by molar-refractivity contribution is -0.142. The minimum Gasteiger partial charge on any atom is -0.480 e. The maximum Gasteiger partial charge on any atom is 0.326 e. The van der Waals surface area contributed by atoms with Gasteiger partial charge in [-0.3, -0.25) is 19.4 Å². The van der Waals surface area contributed by atoms with Crippen LogP contribution in [0.5, 0.6) is 0 Å². The van der Waals surface area contributed by atoms with E-state index in [0.717, 1.165) is 0 Å². The third-order valence-corrected chi connectivity index (χ3v) is 4.83. The number of hydrogen-bond donors (Lipinski definition) is 8. The number of nitrogens with two attached hydrogens (primary N) is 3. The van der Waals surface area contributed by atoms with E-state index in [-0.39, 0.29) is 31.3 Å². The monoisotopic (exact) mass is 481 g/mol. The number of rotatable bonds is 14. The summed E-state index contributed by atoms with van der Waals surface area (Å²) in [6.07, 6.45) is 3.40. The SMILES string of the molecule is CC(N)C(=O)NC(CCCN=C(N)N)C(=O)NC(C(=O)NC(Cc1cnc[nH]1)C(=O)O)C(C)C. The molecule has 190 valence electrons. The summed E-state index contributed by atoms with van der Waals surface area (Å²) >= 11 is 0. The number of aromatic amines is 1. The minimum atomic E-state index is -1.24. The van der Waals surface area contributed by atoms with Crippen LogP contribution in [-0.2, 0) is 25.6 Å². The maximum atomic E-state index is 13.0. The van der Waals surface area contributed by atoms with E-state index >= 15 is 0 Å². The maximum absolute atomic E-state index is 13.0. The molecule has 0 aliphatic carbocycles. The van der Waals surface area contributed by atoms with Gasteiger partial charge in [0.25, 0.3) is 0 Å². The van der Waals surface area contributed by atoms with E-state index in [2.05, 4.69) is 30.9 Å². The van der Waals surface area contributed by atoms with Crippen molar-refractivity contribution in [3.8, 4) is 0 Å². The number of carboxylic acid groups (broad SMARTS) is 1. The molecule has 1 aromatic rings. The Morgan fingerprint density at radius 3 is 2.21 bits per heavy atom. The van der Waals surface area contributed by atoms with Gasteiger partial charge in [0.05, 0.1) is 12.4 Å². The van der Waals surface area contributed by atoms with Crippen molar-refractivity contribution in [3.05, 3.63) is 18.2 Å². The van der Waals surface area contributed by atoms with Crippen LogP contribution in [-0.4, -0.2) is 75.4 Å². The molecule has 0 spiro atoms. The molecule has 4 unspecified atom stereocenters. The van der Waals surface area contributed by atoms with Crippen LogP contribution in [0.3, 0.4) is 0 Å². The normalized spacial score (nSPS) is 14.4. The molecule has 14 nitrogen and oxygen atoms in total. The molecule has 3 amide bonds. The highest BCUT2D eigenvalue weighted by atomic mass is 16.4. The highest BCUT2D eigenvalue weighted by molar-refractivity contribution is 5.94. The highest BCUT2D eigenvalue weighted by Gasteiger charge is 2.31. The molecule has 11 N–H and O–H groups in total. The first-order chi connectivity index (χ1) is 15.9. The Balaban J connectivity index is 2.91. The Morgan fingerprint density at radius 2 is 1.71 bits per heavy atom. The number of aliphatic imine (C=N–C) groups is 1. The second-order valence-corrected chi connectivity index (χ2v) is 8.21. The number of carbonyl (C=O) groups is 4. The number of H-pyrrole nitrogens is 1. The topological polar surface area (TPSA) is 244 Å².